The fourth-order valence-corrected chi connectivity index (χ4v) is 5.44. The SMILES string of the molecule is O=C(CN1CCc2sccc2[C@H]1c1ccccc1)Nc1cc2[nH]c(=O)[nH]c2cc1Br. The van der Waals surface area contributed by atoms with E-state index in [1.807, 2.05) is 18.2 Å². The molecule has 0 unspecified atom stereocenters. The lowest BCUT2D eigenvalue weighted by Crippen LogP contribution is -2.40. The molecule has 0 saturated carbocycles. The normalized spacial score (nSPS) is 16.5. The van der Waals surface area contributed by atoms with Crippen LogP contribution in [0.4, 0.5) is 5.69 Å². The van der Waals surface area contributed by atoms with Gasteiger partial charge in [-0.25, -0.2) is 4.79 Å². The van der Waals surface area contributed by atoms with Crippen LogP contribution < -0.4 is 11.0 Å². The second-order valence-corrected chi connectivity index (χ2v) is 9.19. The molecule has 5 rings (SSSR count). The van der Waals surface area contributed by atoms with Crippen molar-refractivity contribution in [1.82, 2.24) is 14.9 Å². The topological polar surface area (TPSA) is 81.0 Å². The van der Waals surface area contributed by atoms with E-state index in [2.05, 4.69) is 59.7 Å². The maximum Gasteiger partial charge on any atom is 0.323 e. The molecule has 0 spiro atoms. The number of hydrogen-bond acceptors (Lipinski definition) is 4. The third kappa shape index (κ3) is 3.62. The summed E-state index contributed by atoms with van der Waals surface area (Å²) < 4.78 is 0.719. The van der Waals surface area contributed by atoms with Gasteiger partial charge in [-0.05, 0) is 57.1 Å². The molecule has 3 N–H and O–H groups in total. The van der Waals surface area contributed by atoms with E-state index in [1.54, 1.807) is 23.5 Å². The number of imidazole rings is 1. The van der Waals surface area contributed by atoms with E-state index in [0.29, 0.717) is 16.7 Å². The molecular formula is C22H19BrN4O2S. The third-order valence-electron chi connectivity index (χ3n) is 5.41. The Balaban J connectivity index is 1.40. The largest absolute Gasteiger partial charge is 0.324 e. The first-order valence-corrected chi connectivity index (χ1v) is 11.3. The van der Waals surface area contributed by atoms with Crippen molar-refractivity contribution in [2.45, 2.75) is 12.5 Å². The average molecular weight is 483 g/mol. The summed E-state index contributed by atoms with van der Waals surface area (Å²) >= 11 is 5.27. The van der Waals surface area contributed by atoms with Gasteiger partial charge in [-0.3, -0.25) is 9.69 Å². The Morgan fingerprint density at radius 3 is 2.73 bits per heavy atom. The molecule has 1 aliphatic rings. The number of aromatic amines is 2. The van der Waals surface area contributed by atoms with Crippen molar-refractivity contribution >= 4 is 49.9 Å². The Morgan fingerprint density at radius 1 is 1.17 bits per heavy atom. The van der Waals surface area contributed by atoms with Gasteiger partial charge >= 0.3 is 5.69 Å². The lowest BCUT2D eigenvalue weighted by atomic mass is 9.93. The van der Waals surface area contributed by atoms with Crippen molar-refractivity contribution in [2.75, 3.05) is 18.4 Å². The minimum absolute atomic E-state index is 0.0684. The minimum atomic E-state index is -0.272. The van der Waals surface area contributed by atoms with Crippen LogP contribution in [0.3, 0.4) is 0 Å². The zero-order valence-electron chi connectivity index (χ0n) is 15.9. The van der Waals surface area contributed by atoms with Gasteiger partial charge in [0.15, 0.2) is 0 Å². The molecule has 4 aromatic rings. The van der Waals surface area contributed by atoms with Crippen LogP contribution in [-0.2, 0) is 11.2 Å². The number of thiophene rings is 1. The van der Waals surface area contributed by atoms with Crippen LogP contribution in [0.25, 0.3) is 11.0 Å². The maximum atomic E-state index is 13.0. The first-order chi connectivity index (χ1) is 14.6. The number of hydrogen-bond donors (Lipinski definition) is 3. The second-order valence-electron chi connectivity index (χ2n) is 7.34. The van der Waals surface area contributed by atoms with E-state index in [9.17, 15) is 9.59 Å². The van der Waals surface area contributed by atoms with E-state index in [1.165, 1.54) is 16.0 Å². The number of carbonyl (C=O) groups is 1. The monoisotopic (exact) mass is 482 g/mol. The number of anilines is 1. The molecule has 2 aromatic heterocycles. The summed E-state index contributed by atoms with van der Waals surface area (Å²) in [5.74, 6) is -0.0902. The van der Waals surface area contributed by atoms with E-state index >= 15 is 0 Å². The molecule has 30 heavy (non-hydrogen) atoms. The smallest absolute Gasteiger partial charge is 0.323 e. The molecule has 0 radical (unpaired) electrons. The number of nitrogens with zero attached hydrogens (tertiary/aromatic N) is 1. The van der Waals surface area contributed by atoms with Crippen molar-refractivity contribution < 1.29 is 4.79 Å². The Hall–Kier alpha value is -2.68. The lowest BCUT2D eigenvalue weighted by Gasteiger charge is -2.35. The molecular weight excluding hydrogens is 464 g/mol. The van der Waals surface area contributed by atoms with Gasteiger partial charge in [0.25, 0.3) is 0 Å². The van der Waals surface area contributed by atoms with Crippen LogP contribution >= 0.6 is 27.3 Å². The molecule has 0 saturated heterocycles. The zero-order chi connectivity index (χ0) is 20.7. The summed E-state index contributed by atoms with van der Waals surface area (Å²) in [5.41, 5.74) is 4.18. The predicted molar refractivity (Wildman–Crippen MR) is 123 cm³/mol. The lowest BCUT2D eigenvalue weighted by molar-refractivity contribution is -0.117. The molecule has 0 fully saturated rings. The van der Waals surface area contributed by atoms with Crippen molar-refractivity contribution in [3.63, 3.8) is 0 Å². The van der Waals surface area contributed by atoms with E-state index in [-0.39, 0.29) is 24.2 Å². The van der Waals surface area contributed by atoms with Gasteiger partial charge in [0.05, 0.1) is 29.3 Å². The fraction of sp³-hybridized carbons (Fsp3) is 0.182. The minimum Gasteiger partial charge on any atom is -0.324 e. The van der Waals surface area contributed by atoms with Gasteiger partial charge < -0.3 is 15.3 Å². The highest BCUT2D eigenvalue weighted by Gasteiger charge is 2.30. The van der Waals surface area contributed by atoms with Gasteiger partial charge in [-0.2, -0.15) is 0 Å². The first kappa shape index (κ1) is 19.3. The number of aromatic nitrogens is 2. The Bertz CT molecular complexity index is 1280. The number of nitrogens with one attached hydrogen (secondary N) is 3. The molecule has 0 aliphatic carbocycles. The van der Waals surface area contributed by atoms with Gasteiger partial charge in [0, 0.05) is 15.9 Å². The van der Waals surface area contributed by atoms with Crippen LogP contribution in [0.2, 0.25) is 0 Å². The van der Waals surface area contributed by atoms with Gasteiger partial charge in [-0.1, -0.05) is 30.3 Å². The number of carbonyl (C=O) groups excluding carboxylic acids is 1. The Labute approximate surface area is 185 Å². The predicted octanol–water partition coefficient (Wildman–Crippen LogP) is 4.27. The maximum absolute atomic E-state index is 13.0. The zero-order valence-corrected chi connectivity index (χ0v) is 18.3. The molecule has 1 aliphatic heterocycles. The van der Waals surface area contributed by atoms with E-state index in [4.69, 9.17) is 0 Å². The second kappa shape index (κ2) is 7.86. The highest BCUT2D eigenvalue weighted by atomic mass is 79.9. The Kier molecular flexibility index (Phi) is 5.06. The standard InChI is InChI=1S/C22H19BrN4O2S/c23-15-10-17-18(26-22(29)25-17)11-16(15)24-20(28)12-27-8-6-19-14(7-9-30-19)21(27)13-4-2-1-3-5-13/h1-5,7,9-11,21H,6,8,12H2,(H,24,28)(H2,25,26,29)/t21-/m1/s1. The summed E-state index contributed by atoms with van der Waals surface area (Å²) in [6.45, 7) is 1.11. The van der Waals surface area contributed by atoms with Crippen molar-refractivity contribution in [2.24, 2.45) is 0 Å². The molecule has 1 amide bonds. The van der Waals surface area contributed by atoms with Crippen LogP contribution in [0.15, 0.2) is 63.2 Å². The molecule has 0 bridgehead atoms. The van der Waals surface area contributed by atoms with Crippen LogP contribution in [0.1, 0.15) is 22.0 Å². The van der Waals surface area contributed by atoms with Crippen LogP contribution in [-0.4, -0.2) is 33.9 Å². The van der Waals surface area contributed by atoms with Crippen molar-refractivity contribution in [1.29, 1.82) is 0 Å². The molecule has 1 atom stereocenters. The summed E-state index contributed by atoms with van der Waals surface area (Å²) in [6, 6.07) is 16.1. The Morgan fingerprint density at radius 2 is 1.93 bits per heavy atom. The number of benzene rings is 2. The third-order valence-corrected chi connectivity index (χ3v) is 7.06. The van der Waals surface area contributed by atoms with Crippen molar-refractivity contribution in [3.8, 4) is 0 Å². The van der Waals surface area contributed by atoms with Gasteiger partial charge in [0.1, 0.15) is 0 Å². The molecule has 6 nitrogen and oxygen atoms in total. The summed E-state index contributed by atoms with van der Waals surface area (Å²) in [7, 11) is 0. The van der Waals surface area contributed by atoms with Crippen molar-refractivity contribution in [3.05, 3.63) is 84.9 Å². The molecule has 152 valence electrons. The highest BCUT2D eigenvalue weighted by Crippen LogP contribution is 2.37. The number of fused-ring (bicyclic) bond motifs is 2. The van der Waals surface area contributed by atoms with Crippen LogP contribution in [0.5, 0.6) is 0 Å². The van der Waals surface area contributed by atoms with Gasteiger partial charge in [0.2, 0.25) is 5.91 Å². The number of amides is 1. The molecule has 8 heteroatoms. The van der Waals surface area contributed by atoms with Crippen LogP contribution in [0, 0.1) is 0 Å². The molecule has 3 heterocycles. The number of rotatable bonds is 4. The summed E-state index contributed by atoms with van der Waals surface area (Å²) in [5, 5.41) is 5.12. The van der Waals surface area contributed by atoms with Gasteiger partial charge in [-0.15, -0.1) is 11.3 Å². The summed E-state index contributed by atoms with van der Waals surface area (Å²) in [6.07, 6.45) is 0.948. The van der Waals surface area contributed by atoms with E-state index in [0.717, 1.165) is 17.4 Å². The molecule has 2 aromatic carbocycles. The highest BCUT2D eigenvalue weighted by molar-refractivity contribution is 9.10. The number of halogens is 1. The first-order valence-electron chi connectivity index (χ1n) is 9.65. The summed E-state index contributed by atoms with van der Waals surface area (Å²) in [4.78, 5) is 33.5. The fourth-order valence-electron chi connectivity index (χ4n) is 4.09. The average Bonchev–Trinajstić information content (AvgIpc) is 3.34. The number of H-pyrrole nitrogens is 2. The quantitative estimate of drug-likeness (QED) is 0.406. The van der Waals surface area contributed by atoms with E-state index < -0.39 is 0 Å².